The van der Waals surface area contributed by atoms with Gasteiger partial charge in [-0.2, -0.15) is 0 Å². The highest BCUT2D eigenvalue weighted by Gasteiger charge is 2.32. The van der Waals surface area contributed by atoms with Crippen LogP contribution in [0.25, 0.3) is 0 Å². The van der Waals surface area contributed by atoms with Crippen LogP contribution in [0.4, 0.5) is 0 Å². The predicted octanol–water partition coefficient (Wildman–Crippen LogP) is 3.11. The molecular formula is C19H20BrNO3. The van der Waals surface area contributed by atoms with E-state index in [2.05, 4.69) is 27.3 Å². The molecule has 2 N–H and O–H groups in total. The smallest absolute Gasteiger partial charge is 0.252 e. The Kier molecular flexibility index (Phi) is 4.92. The number of aryl methyl sites for hydroxylation is 1. The van der Waals surface area contributed by atoms with Crippen LogP contribution in [0, 0.1) is 0 Å². The number of halogens is 1. The minimum Gasteiger partial charge on any atom is -0.497 e. The molecule has 1 aliphatic rings. The molecule has 2 aromatic carbocycles. The summed E-state index contributed by atoms with van der Waals surface area (Å²) in [6.07, 6.45) is 2.03. The van der Waals surface area contributed by atoms with E-state index in [0.29, 0.717) is 28.6 Å². The van der Waals surface area contributed by atoms with Gasteiger partial charge in [0.25, 0.3) is 5.91 Å². The molecule has 5 heteroatoms. The van der Waals surface area contributed by atoms with Crippen LogP contribution in [0.5, 0.6) is 5.75 Å². The van der Waals surface area contributed by atoms with Crippen molar-refractivity contribution in [1.29, 1.82) is 0 Å². The van der Waals surface area contributed by atoms with Crippen molar-refractivity contribution in [3.05, 3.63) is 63.6 Å². The number of ether oxygens (including phenoxy) is 1. The molecule has 126 valence electrons. The molecule has 0 radical (unpaired) electrons. The summed E-state index contributed by atoms with van der Waals surface area (Å²) in [6, 6.07) is 13.4. The van der Waals surface area contributed by atoms with Gasteiger partial charge < -0.3 is 15.2 Å². The van der Waals surface area contributed by atoms with Gasteiger partial charge in [-0.05, 0) is 58.1 Å². The van der Waals surface area contributed by atoms with Crippen molar-refractivity contribution in [1.82, 2.24) is 5.32 Å². The second-order valence-corrected chi connectivity index (χ2v) is 7.05. The topological polar surface area (TPSA) is 58.6 Å². The molecule has 0 saturated heterocycles. The van der Waals surface area contributed by atoms with E-state index in [1.807, 2.05) is 18.2 Å². The zero-order valence-electron chi connectivity index (χ0n) is 13.5. The number of fused-ring (bicyclic) bond motifs is 1. The van der Waals surface area contributed by atoms with Crippen molar-refractivity contribution >= 4 is 21.8 Å². The van der Waals surface area contributed by atoms with Crippen LogP contribution < -0.4 is 10.1 Å². The number of carbonyl (C=O) groups excluding carboxylic acids is 1. The molecule has 0 aromatic heterocycles. The van der Waals surface area contributed by atoms with E-state index in [1.54, 1.807) is 25.3 Å². The van der Waals surface area contributed by atoms with Crippen molar-refractivity contribution in [2.45, 2.75) is 24.9 Å². The number of benzene rings is 2. The summed E-state index contributed by atoms with van der Waals surface area (Å²) < 4.78 is 5.86. The zero-order valence-corrected chi connectivity index (χ0v) is 15.1. The molecule has 0 saturated carbocycles. The van der Waals surface area contributed by atoms with Crippen LogP contribution in [0.2, 0.25) is 0 Å². The van der Waals surface area contributed by atoms with Gasteiger partial charge in [0.2, 0.25) is 0 Å². The zero-order chi connectivity index (χ0) is 17.2. The van der Waals surface area contributed by atoms with Gasteiger partial charge in [-0.3, -0.25) is 4.79 Å². The lowest BCUT2D eigenvalue weighted by Crippen LogP contribution is -2.46. The van der Waals surface area contributed by atoms with Crippen LogP contribution in [0.3, 0.4) is 0 Å². The molecule has 2 aromatic rings. The standard InChI is InChI=1S/C19H20BrNO3/c1-24-15-6-7-17(20)16(10-15)18(22)21-12-19(23)9-8-13-4-2-3-5-14(13)11-19/h2-7,10,23H,8-9,11-12H2,1H3,(H,21,22)/t19-/m0/s1. The SMILES string of the molecule is COc1ccc(Br)c(C(=O)NC[C@]2(O)CCc3ccccc3C2)c1. The van der Waals surface area contributed by atoms with Crippen molar-refractivity contribution in [3.8, 4) is 5.75 Å². The molecule has 0 heterocycles. The van der Waals surface area contributed by atoms with Gasteiger partial charge in [-0.25, -0.2) is 0 Å². The summed E-state index contributed by atoms with van der Waals surface area (Å²) >= 11 is 3.38. The molecule has 1 aliphatic carbocycles. The first-order valence-electron chi connectivity index (χ1n) is 7.92. The molecule has 0 aliphatic heterocycles. The number of hydrogen-bond acceptors (Lipinski definition) is 3. The summed E-state index contributed by atoms with van der Waals surface area (Å²) in [6.45, 7) is 0.226. The van der Waals surface area contributed by atoms with E-state index < -0.39 is 5.60 Å². The molecule has 0 bridgehead atoms. The maximum atomic E-state index is 12.5. The third-order valence-electron chi connectivity index (χ3n) is 4.49. The lowest BCUT2D eigenvalue weighted by Gasteiger charge is -2.33. The predicted molar refractivity (Wildman–Crippen MR) is 96.4 cm³/mol. The Morgan fingerprint density at radius 2 is 2.04 bits per heavy atom. The maximum Gasteiger partial charge on any atom is 0.252 e. The van der Waals surface area contributed by atoms with Gasteiger partial charge >= 0.3 is 0 Å². The first-order chi connectivity index (χ1) is 11.5. The highest BCUT2D eigenvalue weighted by atomic mass is 79.9. The summed E-state index contributed by atoms with van der Waals surface area (Å²) in [5.41, 5.74) is 2.02. The Hall–Kier alpha value is -1.85. The summed E-state index contributed by atoms with van der Waals surface area (Å²) in [5, 5.41) is 13.7. The normalized spacial score (nSPS) is 19.5. The Morgan fingerprint density at radius 3 is 2.79 bits per heavy atom. The molecule has 4 nitrogen and oxygen atoms in total. The average Bonchev–Trinajstić information content (AvgIpc) is 2.60. The van der Waals surface area contributed by atoms with Crippen LogP contribution in [-0.2, 0) is 12.8 Å². The molecule has 3 rings (SSSR count). The Labute approximate surface area is 150 Å². The van der Waals surface area contributed by atoms with Crippen LogP contribution >= 0.6 is 15.9 Å². The Morgan fingerprint density at radius 1 is 1.29 bits per heavy atom. The van der Waals surface area contributed by atoms with Gasteiger partial charge in [0, 0.05) is 17.4 Å². The first-order valence-corrected chi connectivity index (χ1v) is 8.71. The fourth-order valence-electron chi connectivity index (χ4n) is 3.08. The van der Waals surface area contributed by atoms with Gasteiger partial charge in [0.05, 0.1) is 18.3 Å². The summed E-state index contributed by atoms with van der Waals surface area (Å²) in [4.78, 5) is 12.5. The fourth-order valence-corrected chi connectivity index (χ4v) is 3.51. The third-order valence-corrected chi connectivity index (χ3v) is 5.19. The highest BCUT2D eigenvalue weighted by Crippen LogP contribution is 2.28. The molecule has 1 atom stereocenters. The van der Waals surface area contributed by atoms with Crippen LogP contribution in [0.15, 0.2) is 46.9 Å². The monoisotopic (exact) mass is 389 g/mol. The number of carbonyl (C=O) groups is 1. The van der Waals surface area contributed by atoms with Gasteiger partial charge in [0.1, 0.15) is 5.75 Å². The van der Waals surface area contributed by atoms with E-state index in [1.165, 1.54) is 5.56 Å². The molecular weight excluding hydrogens is 370 g/mol. The molecule has 24 heavy (non-hydrogen) atoms. The minimum atomic E-state index is -0.907. The first kappa shape index (κ1) is 17.0. The summed E-state index contributed by atoms with van der Waals surface area (Å²) in [5.74, 6) is 0.390. The van der Waals surface area contributed by atoms with Crippen molar-refractivity contribution in [2.75, 3.05) is 13.7 Å². The number of aliphatic hydroxyl groups is 1. The Balaban J connectivity index is 1.68. The van der Waals surface area contributed by atoms with E-state index in [4.69, 9.17) is 4.74 Å². The maximum absolute atomic E-state index is 12.5. The number of hydrogen-bond donors (Lipinski definition) is 2. The average molecular weight is 390 g/mol. The van der Waals surface area contributed by atoms with Crippen molar-refractivity contribution < 1.29 is 14.6 Å². The van der Waals surface area contributed by atoms with Gasteiger partial charge in [-0.15, -0.1) is 0 Å². The lowest BCUT2D eigenvalue weighted by molar-refractivity contribution is 0.0260. The van der Waals surface area contributed by atoms with Crippen molar-refractivity contribution in [3.63, 3.8) is 0 Å². The van der Waals surface area contributed by atoms with Gasteiger partial charge in [0.15, 0.2) is 0 Å². The van der Waals surface area contributed by atoms with E-state index in [0.717, 1.165) is 12.0 Å². The van der Waals surface area contributed by atoms with E-state index >= 15 is 0 Å². The quantitative estimate of drug-likeness (QED) is 0.844. The van der Waals surface area contributed by atoms with Crippen LogP contribution in [0.1, 0.15) is 27.9 Å². The van der Waals surface area contributed by atoms with Gasteiger partial charge in [-0.1, -0.05) is 24.3 Å². The number of amides is 1. The number of rotatable bonds is 4. The molecule has 0 spiro atoms. The van der Waals surface area contributed by atoms with E-state index in [9.17, 15) is 9.90 Å². The largest absolute Gasteiger partial charge is 0.497 e. The minimum absolute atomic E-state index is 0.226. The van der Waals surface area contributed by atoms with Crippen molar-refractivity contribution in [2.24, 2.45) is 0 Å². The number of methoxy groups -OCH3 is 1. The molecule has 0 unspecified atom stereocenters. The van der Waals surface area contributed by atoms with Crippen LogP contribution in [-0.4, -0.2) is 30.3 Å². The molecule has 1 amide bonds. The Bertz CT molecular complexity index is 762. The number of nitrogens with one attached hydrogen (secondary N) is 1. The third kappa shape index (κ3) is 3.62. The second-order valence-electron chi connectivity index (χ2n) is 6.20. The van der Waals surface area contributed by atoms with E-state index in [-0.39, 0.29) is 12.5 Å². The summed E-state index contributed by atoms with van der Waals surface area (Å²) in [7, 11) is 1.56. The second kappa shape index (κ2) is 6.95. The lowest BCUT2D eigenvalue weighted by atomic mass is 9.80. The highest BCUT2D eigenvalue weighted by molar-refractivity contribution is 9.10. The fraction of sp³-hybridized carbons (Fsp3) is 0.316. The molecule has 0 fully saturated rings.